The number of benzene rings is 2. The molecule has 0 radical (unpaired) electrons. The van der Waals surface area contributed by atoms with E-state index in [1.165, 1.54) is 18.2 Å². The van der Waals surface area contributed by atoms with E-state index in [4.69, 9.17) is 0 Å². The lowest BCUT2D eigenvalue weighted by atomic mass is 9.85. The fourth-order valence-electron chi connectivity index (χ4n) is 4.44. The summed E-state index contributed by atoms with van der Waals surface area (Å²) in [6.45, 7) is 4.90. The summed E-state index contributed by atoms with van der Waals surface area (Å²) < 4.78 is 80.1. The summed E-state index contributed by atoms with van der Waals surface area (Å²) in [5.74, 6) is -2.74. The van der Waals surface area contributed by atoms with Crippen LogP contribution in [0.1, 0.15) is 49.5 Å². The zero-order valence-corrected chi connectivity index (χ0v) is 20.5. The molecule has 2 aliphatic rings. The van der Waals surface area contributed by atoms with E-state index in [1.54, 1.807) is 20.8 Å². The number of nitrogens with zero attached hydrogens (tertiary/aromatic N) is 1. The van der Waals surface area contributed by atoms with Crippen molar-refractivity contribution >= 4 is 33.0 Å². The molecule has 2 aromatic rings. The first-order valence-electron chi connectivity index (χ1n) is 11.1. The van der Waals surface area contributed by atoms with Crippen LogP contribution in [0.2, 0.25) is 0 Å². The molecule has 0 spiro atoms. The average Bonchev–Trinajstić information content (AvgIpc) is 2.96. The first kappa shape index (κ1) is 25.9. The third kappa shape index (κ3) is 4.91. The van der Waals surface area contributed by atoms with Crippen LogP contribution in [0.4, 0.5) is 28.9 Å². The van der Waals surface area contributed by atoms with Crippen LogP contribution in [0, 0.1) is 5.82 Å². The summed E-state index contributed by atoms with van der Waals surface area (Å²) in [7, 11) is -3.13. The van der Waals surface area contributed by atoms with E-state index in [-0.39, 0.29) is 35.6 Å². The van der Waals surface area contributed by atoms with Gasteiger partial charge in [0, 0.05) is 17.2 Å². The summed E-state index contributed by atoms with van der Waals surface area (Å²) in [5.41, 5.74) is -1.54. The van der Waals surface area contributed by atoms with Crippen LogP contribution >= 0.6 is 0 Å². The number of nitrogens with one attached hydrogen (secondary N) is 1. The molecule has 12 heteroatoms. The quantitative estimate of drug-likeness (QED) is 0.595. The van der Waals surface area contributed by atoms with Crippen molar-refractivity contribution in [1.82, 2.24) is 5.32 Å². The van der Waals surface area contributed by atoms with Gasteiger partial charge in [0.1, 0.15) is 21.4 Å². The second-order valence-electron chi connectivity index (χ2n) is 9.83. The highest BCUT2D eigenvalue weighted by atomic mass is 32.2. The van der Waals surface area contributed by atoms with Gasteiger partial charge in [-0.2, -0.15) is 0 Å². The minimum atomic E-state index is -5.00. The van der Waals surface area contributed by atoms with Crippen molar-refractivity contribution in [2.75, 3.05) is 16.4 Å². The Labute approximate surface area is 205 Å². The topological polar surface area (TPSA) is 92.8 Å². The summed E-state index contributed by atoms with van der Waals surface area (Å²) in [6.07, 6.45) is -4.47. The van der Waals surface area contributed by atoms with Gasteiger partial charge in [0.15, 0.2) is 0 Å². The molecule has 4 rings (SSSR count). The molecule has 1 saturated heterocycles. The molecule has 0 aromatic heterocycles. The van der Waals surface area contributed by atoms with Crippen molar-refractivity contribution in [1.29, 1.82) is 0 Å². The standard InChI is InChI=1S/C24H24F4N2O5S/c1-22(2)16-12-14(20(31)29-23(3)8-10-36(33,34)11-9-23)4-7-18(16)30(21(22)32)19-13-15(5-6-17(19)25)35-24(26,27)28/h4-7,12-13H,8-11H2,1-3H3,(H,29,31). The third-order valence-corrected chi connectivity index (χ3v) is 8.30. The molecule has 194 valence electrons. The highest BCUT2D eigenvalue weighted by Gasteiger charge is 2.46. The summed E-state index contributed by atoms with van der Waals surface area (Å²) in [5, 5.41) is 2.88. The molecule has 2 heterocycles. The summed E-state index contributed by atoms with van der Waals surface area (Å²) >= 11 is 0. The normalized spacial score (nSPS) is 20.1. The number of amides is 2. The number of hydrogen-bond acceptors (Lipinski definition) is 5. The van der Waals surface area contributed by atoms with Gasteiger partial charge in [-0.1, -0.05) is 0 Å². The van der Waals surface area contributed by atoms with E-state index in [9.17, 15) is 35.6 Å². The molecule has 1 N–H and O–H groups in total. The van der Waals surface area contributed by atoms with Crippen LogP contribution in [-0.4, -0.2) is 43.6 Å². The van der Waals surface area contributed by atoms with E-state index in [0.29, 0.717) is 5.56 Å². The first-order chi connectivity index (χ1) is 16.5. The Kier molecular flexibility index (Phi) is 6.09. The smallest absolute Gasteiger partial charge is 0.406 e. The molecule has 2 aromatic carbocycles. The van der Waals surface area contributed by atoms with Crippen molar-refractivity contribution in [3.05, 3.63) is 53.3 Å². The molecular weight excluding hydrogens is 504 g/mol. The molecule has 2 amide bonds. The fourth-order valence-corrected chi connectivity index (χ4v) is 6.16. The lowest BCUT2D eigenvalue weighted by Crippen LogP contribution is -2.50. The maximum Gasteiger partial charge on any atom is 0.573 e. The number of ether oxygens (including phenoxy) is 1. The average molecular weight is 529 g/mol. The van der Waals surface area contributed by atoms with Crippen molar-refractivity contribution in [2.24, 2.45) is 0 Å². The Balaban J connectivity index is 1.67. The number of rotatable bonds is 4. The number of alkyl halides is 3. The number of carbonyl (C=O) groups is 2. The lowest BCUT2D eigenvalue weighted by molar-refractivity contribution is -0.274. The second-order valence-corrected chi connectivity index (χ2v) is 12.1. The molecule has 0 unspecified atom stereocenters. The van der Waals surface area contributed by atoms with Crippen LogP contribution in [-0.2, 0) is 20.0 Å². The van der Waals surface area contributed by atoms with Crippen LogP contribution < -0.4 is 15.0 Å². The Hall–Kier alpha value is -3.15. The Morgan fingerprint density at radius 2 is 1.67 bits per heavy atom. The highest BCUT2D eigenvalue weighted by molar-refractivity contribution is 7.91. The number of sulfone groups is 1. The minimum absolute atomic E-state index is 0.0346. The van der Waals surface area contributed by atoms with E-state index in [2.05, 4.69) is 10.1 Å². The van der Waals surface area contributed by atoms with Gasteiger partial charge in [-0.3, -0.25) is 14.5 Å². The second kappa shape index (κ2) is 8.46. The number of carbonyl (C=O) groups excluding carboxylic acids is 2. The molecule has 7 nitrogen and oxygen atoms in total. The van der Waals surface area contributed by atoms with Crippen LogP contribution in [0.5, 0.6) is 5.75 Å². The number of anilines is 2. The molecule has 0 saturated carbocycles. The number of hydrogen-bond donors (Lipinski definition) is 1. The Bertz CT molecular complexity index is 1340. The molecule has 0 aliphatic carbocycles. The van der Waals surface area contributed by atoms with Crippen LogP contribution in [0.15, 0.2) is 36.4 Å². The molecule has 0 bridgehead atoms. The van der Waals surface area contributed by atoms with E-state index in [0.717, 1.165) is 23.1 Å². The molecule has 1 fully saturated rings. The zero-order valence-electron chi connectivity index (χ0n) is 19.7. The minimum Gasteiger partial charge on any atom is -0.406 e. The first-order valence-corrected chi connectivity index (χ1v) is 12.9. The third-order valence-electron chi connectivity index (χ3n) is 6.65. The van der Waals surface area contributed by atoms with E-state index in [1.807, 2.05) is 0 Å². The van der Waals surface area contributed by atoms with Gasteiger partial charge in [0.2, 0.25) is 5.91 Å². The van der Waals surface area contributed by atoms with Crippen molar-refractivity contribution in [3.8, 4) is 5.75 Å². The molecule has 0 atom stereocenters. The molecule has 36 heavy (non-hydrogen) atoms. The summed E-state index contributed by atoms with van der Waals surface area (Å²) in [4.78, 5) is 27.3. The Morgan fingerprint density at radius 1 is 1.03 bits per heavy atom. The van der Waals surface area contributed by atoms with Gasteiger partial charge in [-0.05, 0) is 69.5 Å². The molecular formula is C24H24F4N2O5S. The van der Waals surface area contributed by atoms with Gasteiger partial charge in [0.05, 0.1) is 28.3 Å². The molecule has 2 aliphatic heterocycles. The fraction of sp³-hybridized carbons (Fsp3) is 0.417. The van der Waals surface area contributed by atoms with Crippen molar-refractivity contribution < 1.29 is 40.3 Å². The lowest BCUT2D eigenvalue weighted by Gasteiger charge is -2.34. The van der Waals surface area contributed by atoms with Gasteiger partial charge in [0.25, 0.3) is 5.91 Å². The van der Waals surface area contributed by atoms with Crippen molar-refractivity contribution in [2.45, 2.75) is 50.9 Å². The predicted octanol–water partition coefficient (Wildman–Crippen LogP) is 4.38. The van der Waals surface area contributed by atoms with Gasteiger partial charge in [-0.25, -0.2) is 12.8 Å². The van der Waals surface area contributed by atoms with E-state index < -0.39 is 56.2 Å². The van der Waals surface area contributed by atoms with Crippen LogP contribution in [0.3, 0.4) is 0 Å². The summed E-state index contributed by atoms with van der Waals surface area (Å²) in [6, 6.07) is 6.73. The predicted molar refractivity (Wildman–Crippen MR) is 123 cm³/mol. The monoisotopic (exact) mass is 528 g/mol. The SMILES string of the molecule is CC1(NC(=O)c2ccc3c(c2)C(C)(C)C(=O)N3c2cc(OC(F)(F)F)ccc2F)CCS(=O)(=O)CC1. The van der Waals surface area contributed by atoms with Crippen LogP contribution in [0.25, 0.3) is 0 Å². The highest BCUT2D eigenvalue weighted by Crippen LogP contribution is 2.47. The van der Waals surface area contributed by atoms with E-state index >= 15 is 0 Å². The maximum atomic E-state index is 14.7. The number of fused-ring (bicyclic) bond motifs is 1. The van der Waals surface area contributed by atoms with Gasteiger partial charge < -0.3 is 10.1 Å². The zero-order chi connectivity index (χ0) is 26.7. The maximum absolute atomic E-state index is 14.7. The largest absolute Gasteiger partial charge is 0.573 e. The number of halogens is 4. The van der Waals surface area contributed by atoms with Gasteiger partial charge in [-0.15, -0.1) is 13.2 Å². The van der Waals surface area contributed by atoms with Crippen molar-refractivity contribution in [3.63, 3.8) is 0 Å². The Morgan fingerprint density at radius 3 is 2.28 bits per heavy atom. The van der Waals surface area contributed by atoms with Gasteiger partial charge >= 0.3 is 6.36 Å².